The van der Waals surface area contributed by atoms with Crippen LogP contribution in [-0.2, 0) is 6.54 Å². The zero-order valence-corrected chi connectivity index (χ0v) is 7.88. The topological polar surface area (TPSA) is 24.9 Å². The van der Waals surface area contributed by atoms with Crippen LogP contribution in [0.2, 0.25) is 0 Å². The molecule has 1 atom stereocenters. The molecule has 1 unspecified atom stereocenters. The molecule has 0 aliphatic carbocycles. The van der Waals surface area contributed by atoms with Gasteiger partial charge in [0.1, 0.15) is 0 Å². The predicted octanol–water partition coefficient (Wildman–Crippen LogP) is 1.80. The van der Waals surface area contributed by atoms with E-state index >= 15 is 0 Å². The number of pyridine rings is 1. The molecule has 0 fully saturated rings. The first kappa shape index (κ1) is 9.49. The van der Waals surface area contributed by atoms with Gasteiger partial charge in [-0.25, -0.2) is 0 Å². The summed E-state index contributed by atoms with van der Waals surface area (Å²) >= 11 is 5.77. The summed E-state index contributed by atoms with van der Waals surface area (Å²) in [5.41, 5.74) is 1.24. The van der Waals surface area contributed by atoms with E-state index < -0.39 is 0 Å². The number of aromatic nitrogens is 1. The molecule has 0 aromatic carbocycles. The number of alkyl halides is 1. The van der Waals surface area contributed by atoms with Crippen molar-refractivity contribution in [2.75, 3.05) is 6.54 Å². The molecule has 3 heteroatoms. The van der Waals surface area contributed by atoms with Crippen LogP contribution in [0.3, 0.4) is 0 Å². The van der Waals surface area contributed by atoms with E-state index in [0.29, 0.717) is 0 Å². The molecule has 1 N–H and O–H groups in total. The van der Waals surface area contributed by atoms with Crippen LogP contribution in [0.25, 0.3) is 0 Å². The van der Waals surface area contributed by atoms with E-state index in [4.69, 9.17) is 11.6 Å². The van der Waals surface area contributed by atoms with Gasteiger partial charge < -0.3 is 5.32 Å². The molecule has 0 saturated heterocycles. The maximum atomic E-state index is 5.77. The molecule has 12 heavy (non-hydrogen) atoms. The van der Waals surface area contributed by atoms with Crippen LogP contribution in [-0.4, -0.2) is 16.9 Å². The first-order valence-electron chi connectivity index (χ1n) is 4.02. The van der Waals surface area contributed by atoms with Gasteiger partial charge >= 0.3 is 0 Å². The fraction of sp³-hybridized carbons (Fsp3) is 0.444. The van der Waals surface area contributed by atoms with Crippen LogP contribution >= 0.6 is 11.6 Å². The molecule has 0 bridgehead atoms. The van der Waals surface area contributed by atoms with E-state index in [1.54, 1.807) is 12.4 Å². The Bertz CT molecular complexity index is 211. The lowest BCUT2D eigenvalue weighted by Gasteiger charge is -2.05. The first-order valence-corrected chi connectivity index (χ1v) is 4.46. The molecule has 1 aromatic heterocycles. The largest absolute Gasteiger partial charge is 0.311 e. The molecule has 0 aliphatic rings. The van der Waals surface area contributed by atoms with Gasteiger partial charge in [-0.15, -0.1) is 11.6 Å². The monoisotopic (exact) mass is 184 g/mol. The molecule has 66 valence electrons. The zero-order valence-electron chi connectivity index (χ0n) is 7.13. The molecule has 2 nitrogen and oxygen atoms in total. The Morgan fingerprint density at radius 1 is 1.50 bits per heavy atom. The van der Waals surface area contributed by atoms with Gasteiger partial charge in [-0.2, -0.15) is 0 Å². The summed E-state index contributed by atoms with van der Waals surface area (Å²) in [6, 6.07) is 3.98. The van der Waals surface area contributed by atoms with Crippen molar-refractivity contribution in [1.29, 1.82) is 0 Å². The maximum Gasteiger partial charge on any atom is 0.0432 e. The summed E-state index contributed by atoms with van der Waals surface area (Å²) in [5, 5.41) is 3.43. The predicted molar refractivity (Wildman–Crippen MR) is 51.3 cm³/mol. The van der Waals surface area contributed by atoms with Crippen LogP contribution in [0.4, 0.5) is 0 Å². The summed E-state index contributed by atoms with van der Waals surface area (Å²) in [6.07, 6.45) is 3.59. The minimum Gasteiger partial charge on any atom is -0.311 e. The summed E-state index contributed by atoms with van der Waals surface area (Å²) < 4.78 is 0. The van der Waals surface area contributed by atoms with Crippen molar-refractivity contribution in [1.82, 2.24) is 10.3 Å². The highest BCUT2D eigenvalue weighted by Crippen LogP contribution is 1.96. The van der Waals surface area contributed by atoms with Gasteiger partial charge in [0.2, 0.25) is 0 Å². The number of nitrogens with one attached hydrogen (secondary N) is 1. The Hall–Kier alpha value is -0.600. The van der Waals surface area contributed by atoms with Crippen molar-refractivity contribution < 1.29 is 0 Å². The number of hydrogen-bond acceptors (Lipinski definition) is 2. The summed E-state index contributed by atoms with van der Waals surface area (Å²) in [6.45, 7) is 3.67. The fourth-order valence-electron chi connectivity index (χ4n) is 0.916. The maximum absolute atomic E-state index is 5.77. The molecule has 1 aromatic rings. The highest BCUT2D eigenvalue weighted by Gasteiger charge is 1.94. The second kappa shape index (κ2) is 5.12. The van der Waals surface area contributed by atoms with Crippen LogP contribution < -0.4 is 5.32 Å². The number of halogens is 1. The van der Waals surface area contributed by atoms with Crippen LogP contribution in [0, 0.1) is 0 Å². The Balaban J connectivity index is 2.25. The fourth-order valence-corrected chi connectivity index (χ4v) is 1.03. The standard InChI is InChI=1S/C9H13ClN2/c1-8(10)6-12-7-9-2-4-11-5-3-9/h2-5,8,12H,6-7H2,1H3. The van der Waals surface area contributed by atoms with Gasteiger partial charge in [0, 0.05) is 30.9 Å². The van der Waals surface area contributed by atoms with Gasteiger partial charge in [-0.05, 0) is 24.6 Å². The van der Waals surface area contributed by atoms with Crippen molar-refractivity contribution in [2.45, 2.75) is 18.8 Å². The lowest BCUT2D eigenvalue weighted by Crippen LogP contribution is -2.20. The van der Waals surface area contributed by atoms with Crippen LogP contribution in [0.15, 0.2) is 24.5 Å². The Morgan fingerprint density at radius 2 is 2.17 bits per heavy atom. The highest BCUT2D eigenvalue weighted by atomic mass is 35.5. The quantitative estimate of drug-likeness (QED) is 0.722. The molecular formula is C9H13ClN2. The minimum atomic E-state index is 0.187. The van der Waals surface area contributed by atoms with Crippen LogP contribution in [0.1, 0.15) is 12.5 Å². The van der Waals surface area contributed by atoms with E-state index in [9.17, 15) is 0 Å². The normalized spacial score (nSPS) is 12.8. The Labute approximate surface area is 78.0 Å². The lowest BCUT2D eigenvalue weighted by molar-refractivity contribution is 0.679. The third kappa shape index (κ3) is 3.69. The average Bonchev–Trinajstić information content (AvgIpc) is 2.05. The minimum absolute atomic E-state index is 0.187. The van der Waals surface area contributed by atoms with Crippen molar-refractivity contribution in [3.63, 3.8) is 0 Å². The van der Waals surface area contributed by atoms with E-state index in [1.165, 1.54) is 5.56 Å². The van der Waals surface area contributed by atoms with E-state index in [-0.39, 0.29) is 5.38 Å². The SMILES string of the molecule is CC(Cl)CNCc1ccncc1. The molecule has 0 radical (unpaired) electrons. The molecule has 0 amide bonds. The molecule has 0 aliphatic heterocycles. The third-order valence-electron chi connectivity index (χ3n) is 1.50. The van der Waals surface area contributed by atoms with Crippen molar-refractivity contribution in [3.05, 3.63) is 30.1 Å². The van der Waals surface area contributed by atoms with Crippen LogP contribution in [0.5, 0.6) is 0 Å². The van der Waals surface area contributed by atoms with Gasteiger partial charge in [0.05, 0.1) is 0 Å². The number of rotatable bonds is 4. The van der Waals surface area contributed by atoms with Crippen molar-refractivity contribution in [3.8, 4) is 0 Å². The highest BCUT2D eigenvalue weighted by molar-refractivity contribution is 6.20. The van der Waals surface area contributed by atoms with Gasteiger partial charge in [0.25, 0.3) is 0 Å². The lowest BCUT2D eigenvalue weighted by atomic mass is 10.3. The van der Waals surface area contributed by atoms with E-state index in [2.05, 4.69) is 10.3 Å². The van der Waals surface area contributed by atoms with Gasteiger partial charge in [-0.3, -0.25) is 4.98 Å². The average molecular weight is 185 g/mol. The molecular weight excluding hydrogens is 172 g/mol. The second-order valence-corrected chi connectivity index (χ2v) is 3.51. The molecule has 1 heterocycles. The van der Waals surface area contributed by atoms with Crippen molar-refractivity contribution >= 4 is 11.6 Å². The van der Waals surface area contributed by atoms with Gasteiger partial charge in [0.15, 0.2) is 0 Å². The Morgan fingerprint density at radius 3 is 2.75 bits per heavy atom. The zero-order chi connectivity index (χ0) is 8.81. The second-order valence-electron chi connectivity index (χ2n) is 2.77. The van der Waals surface area contributed by atoms with Crippen molar-refractivity contribution in [2.24, 2.45) is 0 Å². The summed E-state index contributed by atoms with van der Waals surface area (Å²) in [7, 11) is 0. The van der Waals surface area contributed by atoms with E-state index in [1.807, 2.05) is 19.1 Å². The Kier molecular flexibility index (Phi) is 4.05. The molecule has 0 spiro atoms. The molecule has 1 rings (SSSR count). The van der Waals surface area contributed by atoms with E-state index in [0.717, 1.165) is 13.1 Å². The number of nitrogens with zero attached hydrogens (tertiary/aromatic N) is 1. The summed E-state index contributed by atoms with van der Waals surface area (Å²) in [4.78, 5) is 3.93. The summed E-state index contributed by atoms with van der Waals surface area (Å²) in [5.74, 6) is 0. The first-order chi connectivity index (χ1) is 5.79. The smallest absolute Gasteiger partial charge is 0.0432 e. The number of hydrogen-bond donors (Lipinski definition) is 1. The third-order valence-corrected chi connectivity index (χ3v) is 1.66. The molecule has 0 saturated carbocycles. The van der Waals surface area contributed by atoms with Gasteiger partial charge in [-0.1, -0.05) is 0 Å².